The van der Waals surface area contributed by atoms with Crippen LogP contribution in [-0.2, 0) is 6.42 Å². The van der Waals surface area contributed by atoms with Gasteiger partial charge in [0.1, 0.15) is 5.65 Å². The van der Waals surface area contributed by atoms with E-state index < -0.39 is 0 Å². The van der Waals surface area contributed by atoms with E-state index in [2.05, 4.69) is 33.2 Å². The number of carbonyl (C=O) groups is 1. The lowest BCUT2D eigenvalue weighted by molar-refractivity contribution is 0.0954. The van der Waals surface area contributed by atoms with Crippen LogP contribution in [0.2, 0.25) is 0 Å². The van der Waals surface area contributed by atoms with Crippen molar-refractivity contribution in [1.29, 1.82) is 0 Å². The van der Waals surface area contributed by atoms with Gasteiger partial charge in [-0.2, -0.15) is 0 Å². The average Bonchev–Trinajstić information content (AvgIpc) is 2.89. The van der Waals surface area contributed by atoms with Crippen LogP contribution in [0, 0.1) is 6.92 Å². The Kier molecular flexibility index (Phi) is 4.24. The number of carbonyl (C=O) groups excluding carboxylic acids is 1. The summed E-state index contributed by atoms with van der Waals surface area (Å²) in [6, 6.07) is 11.4. The molecule has 1 amide bonds. The van der Waals surface area contributed by atoms with Gasteiger partial charge in [-0.15, -0.1) is 0 Å². The van der Waals surface area contributed by atoms with E-state index in [-0.39, 0.29) is 5.91 Å². The summed E-state index contributed by atoms with van der Waals surface area (Å²) in [5.41, 5.74) is 3.76. The van der Waals surface area contributed by atoms with Gasteiger partial charge in [0, 0.05) is 35.4 Å². The zero-order valence-corrected chi connectivity index (χ0v) is 13.8. The SMILES string of the molecule is Cc1ccc2nc(CCNC(=O)c3ccc(Br)cc3)cn2c1. The van der Waals surface area contributed by atoms with Crippen LogP contribution in [0.4, 0.5) is 0 Å². The van der Waals surface area contributed by atoms with E-state index in [0.717, 1.165) is 15.8 Å². The highest BCUT2D eigenvalue weighted by Gasteiger charge is 2.06. The van der Waals surface area contributed by atoms with E-state index in [1.165, 1.54) is 5.56 Å². The average molecular weight is 358 g/mol. The maximum Gasteiger partial charge on any atom is 0.251 e. The van der Waals surface area contributed by atoms with Gasteiger partial charge in [0.2, 0.25) is 0 Å². The fourth-order valence-corrected chi connectivity index (χ4v) is 2.55. The van der Waals surface area contributed by atoms with Crippen LogP contribution in [0.3, 0.4) is 0 Å². The van der Waals surface area contributed by atoms with E-state index in [4.69, 9.17) is 0 Å². The number of pyridine rings is 1. The maximum atomic E-state index is 12.0. The number of aromatic nitrogens is 2. The van der Waals surface area contributed by atoms with Gasteiger partial charge in [-0.3, -0.25) is 4.79 Å². The number of fused-ring (bicyclic) bond motifs is 1. The molecule has 0 aliphatic rings. The zero-order valence-electron chi connectivity index (χ0n) is 12.2. The first-order valence-electron chi connectivity index (χ1n) is 7.10. The molecule has 2 heterocycles. The maximum absolute atomic E-state index is 12.0. The second-order valence-electron chi connectivity index (χ2n) is 5.22. The number of aryl methyl sites for hydroxylation is 1. The Balaban J connectivity index is 1.59. The molecule has 4 nitrogen and oxygen atoms in total. The fraction of sp³-hybridized carbons (Fsp3) is 0.176. The Morgan fingerprint density at radius 2 is 1.95 bits per heavy atom. The Morgan fingerprint density at radius 3 is 2.73 bits per heavy atom. The molecular weight excluding hydrogens is 342 g/mol. The van der Waals surface area contributed by atoms with Gasteiger partial charge in [-0.05, 0) is 42.8 Å². The molecule has 112 valence electrons. The molecule has 0 fully saturated rings. The minimum absolute atomic E-state index is 0.0629. The van der Waals surface area contributed by atoms with Crippen molar-refractivity contribution in [1.82, 2.24) is 14.7 Å². The fourth-order valence-electron chi connectivity index (χ4n) is 2.28. The first-order valence-corrected chi connectivity index (χ1v) is 7.89. The number of benzene rings is 1. The summed E-state index contributed by atoms with van der Waals surface area (Å²) in [5.74, 6) is -0.0629. The van der Waals surface area contributed by atoms with Crippen molar-refractivity contribution in [2.45, 2.75) is 13.3 Å². The minimum atomic E-state index is -0.0629. The summed E-state index contributed by atoms with van der Waals surface area (Å²) >= 11 is 3.36. The number of halogens is 1. The molecule has 0 spiro atoms. The Bertz CT molecular complexity index is 808. The lowest BCUT2D eigenvalue weighted by atomic mass is 10.2. The summed E-state index contributed by atoms with van der Waals surface area (Å²) < 4.78 is 2.98. The summed E-state index contributed by atoms with van der Waals surface area (Å²) in [5, 5.41) is 2.92. The molecule has 0 radical (unpaired) electrons. The predicted molar refractivity (Wildman–Crippen MR) is 90.1 cm³/mol. The standard InChI is InChI=1S/C17H16BrN3O/c1-12-2-7-16-20-15(11-21(16)10-12)8-9-19-17(22)13-3-5-14(18)6-4-13/h2-7,10-11H,8-9H2,1H3,(H,19,22). The Hall–Kier alpha value is -2.14. The van der Waals surface area contributed by atoms with Crippen LogP contribution in [0.15, 0.2) is 53.3 Å². The van der Waals surface area contributed by atoms with Crippen molar-refractivity contribution in [2.75, 3.05) is 6.54 Å². The molecule has 0 saturated carbocycles. The summed E-state index contributed by atoms with van der Waals surface area (Å²) in [6.45, 7) is 2.62. The van der Waals surface area contributed by atoms with Crippen molar-refractivity contribution >= 4 is 27.5 Å². The van der Waals surface area contributed by atoms with E-state index in [0.29, 0.717) is 18.5 Å². The van der Waals surface area contributed by atoms with Gasteiger partial charge in [-0.25, -0.2) is 4.98 Å². The van der Waals surface area contributed by atoms with Gasteiger partial charge in [0.05, 0.1) is 5.69 Å². The molecule has 2 aromatic heterocycles. The number of hydrogen-bond acceptors (Lipinski definition) is 2. The van der Waals surface area contributed by atoms with Gasteiger partial charge in [0.25, 0.3) is 5.91 Å². The molecule has 0 atom stereocenters. The largest absolute Gasteiger partial charge is 0.352 e. The van der Waals surface area contributed by atoms with Crippen molar-refractivity contribution < 1.29 is 4.79 Å². The number of nitrogens with one attached hydrogen (secondary N) is 1. The normalized spacial score (nSPS) is 10.8. The third-order valence-electron chi connectivity index (χ3n) is 3.42. The van der Waals surface area contributed by atoms with Gasteiger partial charge < -0.3 is 9.72 Å². The third-order valence-corrected chi connectivity index (χ3v) is 3.95. The molecule has 3 aromatic rings. The van der Waals surface area contributed by atoms with Crippen LogP contribution >= 0.6 is 15.9 Å². The van der Waals surface area contributed by atoms with Crippen LogP contribution in [-0.4, -0.2) is 21.8 Å². The van der Waals surface area contributed by atoms with Crippen molar-refractivity contribution in [2.24, 2.45) is 0 Å². The molecular formula is C17H16BrN3O. The highest BCUT2D eigenvalue weighted by molar-refractivity contribution is 9.10. The summed E-state index contributed by atoms with van der Waals surface area (Å²) in [6.07, 6.45) is 4.77. The van der Waals surface area contributed by atoms with Crippen LogP contribution in [0.25, 0.3) is 5.65 Å². The smallest absolute Gasteiger partial charge is 0.251 e. The van der Waals surface area contributed by atoms with Gasteiger partial charge in [-0.1, -0.05) is 22.0 Å². The lowest BCUT2D eigenvalue weighted by Crippen LogP contribution is -2.25. The molecule has 3 rings (SSSR count). The first kappa shape index (κ1) is 14.8. The van der Waals surface area contributed by atoms with Crippen LogP contribution < -0.4 is 5.32 Å². The highest BCUT2D eigenvalue weighted by atomic mass is 79.9. The van der Waals surface area contributed by atoms with Crippen molar-refractivity contribution in [3.05, 3.63) is 70.1 Å². The molecule has 0 unspecified atom stereocenters. The minimum Gasteiger partial charge on any atom is -0.352 e. The Morgan fingerprint density at radius 1 is 1.18 bits per heavy atom. The van der Waals surface area contributed by atoms with E-state index >= 15 is 0 Å². The third kappa shape index (κ3) is 3.36. The van der Waals surface area contributed by atoms with Crippen molar-refractivity contribution in [3.63, 3.8) is 0 Å². The van der Waals surface area contributed by atoms with Gasteiger partial charge >= 0.3 is 0 Å². The molecule has 22 heavy (non-hydrogen) atoms. The van der Waals surface area contributed by atoms with Crippen LogP contribution in [0.1, 0.15) is 21.6 Å². The van der Waals surface area contributed by atoms with Crippen LogP contribution in [0.5, 0.6) is 0 Å². The number of hydrogen-bond donors (Lipinski definition) is 1. The quantitative estimate of drug-likeness (QED) is 0.777. The van der Waals surface area contributed by atoms with Crippen molar-refractivity contribution in [3.8, 4) is 0 Å². The molecule has 1 N–H and O–H groups in total. The molecule has 0 saturated heterocycles. The molecule has 0 aliphatic carbocycles. The molecule has 0 aliphatic heterocycles. The predicted octanol–water partition coefficient (Wildman–Crippen LogP) is 3.38. The topological polar surface area (TPSA) is 46.4 Å². The molecule has 5 heteroatoms. The first-order chi connectivity index (χ1) is 10.6. The van der Waals surface area contributed by atoms with E-state index in [1.54, 1.807) is 12.1 Å². The molecule has 0 bridgehead atoms. The lowest BCUT2D eigenvalue weighted by Gasteiger charge is -2.04. The Labute approximate surface area is 137 Å². The second-order valence-corrected chi connectivity index (χ2v) is 6.13. The summed E-state index contributed by atoms with van der Waals surface area (Å²) in [7, 11) is 0. The highest BCUT2D eigenvalue weighted by Crippen LogP contribution is 2.10. The number of rotatable bonds is 4. The monoisotopic (exact) mass is 357 g/mol. The van der Waals surface area contributed by atoms with E-state index in [1.807, 2.05) is 41.1 Å². The molecule has 1 aromatic carbocycles. The zero-order chi connectivity index (χ0) is 15.5. The number of imidazole rings is 1. The number of nitrogens with zero attached hydrogens (tertiary/aromatic N) is 2. The second kappa shape index (κ2) is 6.32. The van der Waals surface area contributed by atoms with E-state index in [9.17, 15) is 4.79 Å². The number of amides is 1. The van der Waals surface area contributed by atoms with Gasteiger partial charge in [0.15, 0.2) is 0 Å². The summed E-state index contributed by atoms with van der Waals surface area (Å²) in [4.78, 5) is 16.6.